The molecule has 4 nitrogen and oxygen atoms in total. The molecule has 4 heteroatoms. The quantitative estimate of drug-likeness (QED) is 0.472. The van der Waals surface area contributed by atoms with Gasteiger partial charge in [-0.25, -0.2) is 0 Å². The van der Waals surface area contributed by atoms with Gasteiger partial charge in [0.25, 0.3) is 0 Å². The van der Waals surface area contributed by atoms with E-state index in [1.165, 1.54) is 7.11 Å². The molecule has 0 saturated heterocycles. The highest BCUT2D eigenvalue weighted by atomic mass is 16.5. The van der Waals surface area contributed by atoms with Crippen molar-refractivity contribution < 1.29 is 14.3 Å². The summed E-state index contributed by atoms with van der Waals surface area (Å²) in [5.74, 6) is -1.34. The summed E-state index contributed by atoms with van der Waals surface area (Å²) in [6, 6.07) is 9.74. The normalized spacial score (nSPS) is 19.1. The fraction of sp³-hybridized carbons (Fsp3) is 0.333. The zero-order chi connectivity index (χ0) is 13.7. The maximum atomic E-state index is 12.3. The Labute approximate surface area is 112 Å². The molecule has 1 aliphatic heterocycles. The highest BCUT2D eigenvalue weighted by Crippen LogP contribution is 2.17. The monoisotopic (exact) mass is 259 g/mol. The van der Waals surface area contributed by atoms with Crippen LogP contribution in [-0.4, -0.2) is 30.4 Å². The average Bonchev–Trinajstić information content (AvgIpc) is 2.62. The molecule has 0 bridgehead atoms. The van der Waals surface area contributed by atoms with Crippen LogP contribution >= 0.6 is 0 Å². The first-order chi connectivity index (χ1) is 9.22. The van der Waals surface area contributed by atoms with Gasteiger partial charge in [0.2, 0.25) is 5.91 Å². The third-order valence-electron chi connectivity index (χ3n) is 3.18. The van der Waals surface area contributed by atoms with Crippen molar-refractivity contribution in [2.24, 2.45) is 5.92 Å². The van der Waals surface area contributed by atoms with Crippen LogP contribution in [0.15, 0.2) is 42.5 Å². The van der Waals surface area contributed by atoms with E-state index < -0.39 is 11.9 Å². The van der Waals surface area contributed by atoms with Crippen molar-refractivity contribution in [2.45, 2.75) is 13.0 Å². The predicted octanol–water partition coefficient (Wildman–Crippen LogP) is 1.76. The van der Waals surface area contributed by atoms with Crippen molar-refractivity contribution in [3.05, 3.63) is 48.0 Å². The molecule has 1 unspecified atom stereocenters. The van der Waals surface area contributed by atoms with E-state index in [4.69, 9.17) is 4.74 Å². The van der Waals surface area contributed by atoms with Gasteiger partial charge in [-0.2, -0.15) is 0 Å². The van der Waals surface area contributed by atoms with Crippen molar-refractivity contribution in [3.8, 4) is 0 Å². The fourth-order valence-corrected chi connectivity index (χ4v) is 2.13. The third-order valence-corrected chi connectivity index (χ3v) is 3.18. The van der Waals surface area contributed by atoms with Gasteiger partial charge < -0.3 is 9.64 Å². The van der Waals surface area contributed by atoms with E-state index >= 15 is 0 Å². The Bertz CT molecular complexity index is 481. The molecule has 0 radical (unpaired) electrons. The molecular formula is C15H17NO3. The van der Waals surface area contributed by atoms with Crippen LogP contribution < -0.4 is 0 Å². The van der Waals surface area contributed by atoms with Crippen LogP contribution in [0.3, 0.4) is 0 Å². The Morgan fingerprint density at radius 2 is 2.05 bits per heavy atom. The van der Waals surface area contributed by atoms with Gasteiger partial charge in [-0.15, -0.1) is 0 Å². The molecule has 1 heterocycles. The highest BCUT2D eigenvalue weighted by molar-refractivity contribution is 5.98. The first-order valence-corrected chi connectivity index (χ1v) is 6.28. The Balaban J connectivity index is 2.13. The lowest BCUT2D eigenvalue weighted by atomic mass is 10.0. The number of rotatable bonds is 3. The zero-order valence-electron chi connectivity index (χ0n) is 10.9. The number of benzene rings is 1. The number of ether oxygens (including phenoxy) is 1. The molecule has 1 aromatic rings. The molecule has 1 atom stereocenters. The lowest BCUT2D eigenvalue weighted by Crippen LogP contribution is -2.38. The third kappa shape index (κ3) is 3.22. The number of methoxy groups -OCH3 is 1. The molecule has 19 heavy (non-hydrogen) atoms. The first-order valence-electron chi connectivity index (χ1n) is 6.28. The van der Waals surface area contributed by atoms with Crippen LogP contribution in [0.5, 0.6) is 0 Å². The van der Waals surface area contributed by atoms with E-state index in [1.807, 2.05) is 42.5 Å². The zero-order valence-corrected chi connectivity index (χ0v) is 10.9. The molecule has 0 spiro atoms. The maximum Gasteiger partial charge on any atom is 0.318 e. The second-order valence-corrected chi connectivity index (χ2v) is 4.49. The second-order valence-electron chi connectivity index (χ2n) is 4.49. The van der Waals surface area contributed by atoms with Gasteiger partial charge in [0.1, 0.15) is 5.92 Å². The summed E-state index contributed by atoms with van der Waals surface area (Å²) in [6.07, 6.45) is 4.20. The first kappa shape index (κ1) is 13.3. The van der Waals surface area contributed by atoms with E-state index in [1.54, 1.807) is 4.90 Å². The summed E-state index contributed by atoms with van der Waals surface area (Å²) < 4.78 is 4.69. The van der Waals surface area contributed by atoms with Crippen LogP contribution in [0.25, 0.3) is 0 Å². The predicted molar refractivity (Wildman–Crippen MR) is 71.1 cm³/mol. The topological polar surface area (TPSA) is 46.6 Å². The van der Waals surface area contributed by atoms with E-state index in [2.05, 4.69) is 0 Å². The van der Waals surface area contributed by atoms with E-state index in [0.29, 0.717) is 19.5 Å². The van der Waals surface area contributed by atoms with Crippen molar-refractivity contribution >= 4 is 11.9 Å². The fourth-order valence-electron chi connectivity index (χ4n) is 2.13. The number of carbonyl (C=O) groups excluding carboxylic acids is 2. The van der Waals surface area contributed by atoms with Gasteiger partial charge in [-0.05, 0) is 12.0 Å². The van der Waals surface area contributed by atoms with Gasteiger partial charge in [0, 0.05) is 13.1 Å². The number of carbonyl (C=O) groups is 2. The Hall–Kier alpha value is -2.10. The number of allylic oxidation sites excluding steroid dienone is 1. The summed E-state index contributed by atoms with van der Waals surface area (Å²) >= 11 is 0. The molecule has 0 saturated carbocycles. The van der Waals surface area contributed by atoms with Gasteiger partial charge in [-0.1, -0.05) is 42.5 Å². The summed E-state index contributed by atoms with van der Waals surface area (Å²) in [6.45, 7) is 1.04. The molecule has 2 rings (SSSR count). The molecular weight excluding hydrogens is 242 g/mol. The Morgan fingerprint density at radius 3 is 2.74 bits per heavy atom. The van der Waals surface area contributed by atoms with Gasteiger partial charge in [0.15, 0.2) is 0 Å². The summed E-state index contributed by atoms with van der Waals surface area (Å²) in [5.41, 5.74) is 1.05. The number of hydrogen-bond acceptors (Lipinski definition) is 3. The van der Waals surface area contributed by atoms with Crippen molar-refractivity contribution in [2.75, 3.05) is 13.7 Å². The second kappa shape index (κ2) is 6.18. The average molecular weight is 259 g/mol. The molecule has 0 aromatic heterocycles. The van der Waals surface area contributed by atoms with Crippen molar-refractivity contribution in [3.63, 3.8) is 0 Å². The molecule has 0 fully saturated rings. The van der Waals surface area contributed by atoms with Crippen LogP contribution in [-0.2, 0) is 20.9 Å². The molecule has 0 N–H and O–H groups in total. The Morgan fingerprint density at radius 1 is 1.32 bits per heavy atom. The number of hydrogen-bond donors (Lipinski definition) is 0. The number of nitrogens with zero attached hydrogens (tertiary/aromatic N) is 1. The SMILES string of the molecule is COC(=O)C1CC=CCN(Cc2ccccc2)C1=O. The Kier molecular flexibility index (Phi) is 4.34. The molecule has 100 valence electrons. The lowest BCUT2D eigenvalue weighted by molar-refractivity contribution is -0.153. The summed E-state index contributed by atoms with van der Waals surface area (Å²) in [4.78, 5) is 25.6. The molecule has 1 aromatic carbocycles. The number of esters is 1. The largest absolute Gasteiger partial charge is 0.468 e. The summed E-state index contributed by atoms with van der Waals surface area (Å²) in [7, 11) is 1.31. The van der Waals surface area contributed by atoms with Crippen LogP contribution in [0.4, 0.5) is 0 Å². The van der Waals surface area contributed by atoms with Crippen molar-refractivity contribution in [1.82, 2.24) is 4.90 Å². The molecule has 0 aliphatic carbocycles. The molecule has 1 amide bonds. The van der Waals surface area contributed by atoms with E-state index in [-0.39, 0.29) is 5.91 Å². The highest BCUT2D eigenvalue weighted by Gasteiger charge is 2.31. The standard InChI is InChI=1S/C15H17NO3/c1-19-15(18)13-9-5-6-10-16(14(13)17)11-12-7-3-2-4-8-12/h2-8,13H,9-11H2,1H3. The summed E-state index contributed by atoms with van der Waals surface area (Å²) in [5, 5.41) is 0. The van der Waals surface area contributed by atoms with E-state index in [9.17, 15) is 9.59 Å². The van der Waals surface area contributed by atoms with E-state index in [0.717, 1.165) is 5.56 Å². The maximum absolute atomic E-state index is 12.3. The van der Waals surface area contributed by atoms with Crippen LogP contribution in [0.2, 0.25) is 0 Å². The minimum atomic E-state index is -0.715. The molecule has 1 aliphatic rings. The van der Waals surface area contributed by atoms with Gasteiger partial charge in [-0.3, -0.25) is 9.59 Å². The smallest absolute Gasteiger partial charge is 0.318 e. The minimum absolute atomic E-state index is 0.166. The van der Waals surface area contributed by atoms with Crippen LogP contribution in [0.1, 0.15) is 12.0 Å². The van der Waals surface area contributed by atoms with Gasteiger partial charge >= 0.3 is 5.97 Å². The van der Waals surface area contributed by atoms with Gasteiger partial charge in [0.05, 0.1) is 7.11 Å². The lowest BCUT2D eigenvalue weighted by Gasteiger charge is -2.23. The van der Waals surface area contributed by atoms with Crippen LogP contribution in [0, 0.1) is 5.92 Å². The number of amides is 1. The minimum Gasteiger partial charge on any atom is -0.468 e. The van der Waals surface area contributed by atoms with Crippen molar-refractivity contribution in [1.29, 1.82) is 0 Å².